The Hall–Kier alpha value is -3.02. The summed E-state index contributed by atoms with van der Waals surface area (Å²) in [5, 5.41) is 3.08. The maximum absolute atomic E-state index is 13.0. The molecule has 0 radical (unpaired) electrons. The van der Waals surface area contributed by atoms with Crippen molar-refractivity contribution in [2.75, 3.05) is 6.79 Å². The average Bonchev–Trinajstić information content (AvgIpc) is 3.21. The van der Waals surface area contributed by atoms with Crippen LogP contribution in [0.15, 0.2) is 40.9 Å². The normalized spacial score (nSPS) is 22.1. The number of carbonyl (C=O) groups is 1. The number of hydrogen-bond donors (Lipinski definition) is 2. The van der Waals surface area contributed by atoms with Crippen LogP contribution in [0, 0.1) is 0 Å². The van der Waals surface area contributed by atoms with Crippen molar-refractivity contribution < 1.29 is 14.3 Å². The smallest absolute Gasteiger partial charge is 0.261 e. The fourth-order valence-electron chi connectivity index (χ4n) is 4.68. The van der Waals surface area contributed by atoms with Gasteiger partial charge in [0.15, 0.2) is 5.76 Å². The quantitative estimate of drug-likeness (QED) is 0.840. The number of hydrogen-bond acceptors (Lipinski definition) is 4. The van der Waals surface area contributed by atoms with E-state index in [1.165, 1.54) is 11.1 Å². The van der Waals surface area contributed by atoms with E-state index in [1.807, 2.05) is 6.07 Å². The summed E-state index contributed by atoms with van der Waals surface area (Å²) in [6, 6.07) is 10.1. The highest BCUT2D eigenvalue weighted by Gasteiger charge is 2.34. The summed E-state index contributed by atoms with van der Waals surface area (Å²) in [5.41, 5.74) is 4.00. The molecule has 0 spiro atoms. The molecule has 0 fully saturated rings. The minimum absolute atomic E-state index is 0.0377. The molecule has 3 aliphatic rings. The molecule has 1 amide bonds. The van der Waals surface area contributed by atoms with Crippen molar-refractivity contribution in [3.63, 3.8) is 0 Å². The second kappa shape index (κ2) is 7.10. The van der Waals surface area contributed by atoms with E-state index in [0.717, 1.165) is 43.4 Å². The number of rotatable bonds is 3. The van der Waals surface area contributed by atoms with Crippen LogP contribution in [0.3, 0.4) is 0 Å². The number of carbonyl (C=O) groups excluding carboxylic acids is 1. The molecule has 2 aliphatic carbocycles. The molecule has 2 unspecified atom stereocenters. The van der Waals surface area contributed by atoms with Crippen molar-refractivity contribution in [2.24, 2.45) is 0 Å². The Morgan fingerprint density at radius 1 is 1.21 bits per heavy atom. The number of aromatic nitrogens is 1. The number of amides is 1. The zero-order valence-corrected chi connectivity index (χ0v) is 16.4. The van der Waals surface area contributed by atoms with Crippen LogP contribution in [0.1, 0.15) is 64.8 Å². The maximum Gasteiger partial charge on any atom is 0.261 e. The summed E-state index contributed by atoms with van der Waals surface area (Å²) in [4.78, 5) is 28.6. The summed E-state index contributed by atoms with van der Waals surface area (Å²) in [6.45, 7) is 2.27. The minimum Gasteiger partial charge on any atom is -0.458 e. The van der Waals surface area contributed by atoms with E-state index in [9.17, 15) is 9.59 Å². The van der Waals surface area contributed by atoms with Gasteiger partial charge in [-0.2, -0.15) is 0 Å². The Labute approximate surface area is 168 Å². The van der Waals surface area contributed by atoms with E-state index in [-0.39, 0.29) is 30.2 Å². The molecule has 0 saturated carbocycles. The second-order valence-corrected chi connectivity index (χ2v) is 7.99. The molecule has 2 N–H and O–H groups in total. The van der Waals surface area contributed by atoms with Gasteiger partial charge in [-0.05, 0) is 54.4 Å². The first-order valence-electron chi connectivity index (χ1n) is 10.3. The van der Waals surface area contributed by atoms with Gasteiger partial charge in [-0.15, -0.1) is 0 Å². The lowest BCUT2D eigenvalue weighted by Gasteiger charge is -2.26. The van der Waals surface area contributed by atoms with Gasteiger partial charge in [-0.1, -0.05) is 31.2 Å². The van der Waals surface area contributed by atoms with Gasteiger partial charge < -0.3 is 19.8 Å². The lowest BCUT2D eigenvalue weighted by atomic mass is 9.85. The van der Waals surface area contributed by atoms with Crippen molar-refractivity contribution in [3.05, 3.63) is 74.4 Å². The largest absolute Gasteiger partial charge is 0.458 e. The number of nitrogens with one attached hydrogen (secondary N) is 2. The van der Waals surface area contributed by atoms with Gasteiger partial charge in [0.2, 0.25) is 6.79 Å². The molecule has 0 saturated heterocycles. The Bertz CT molecular complexity index is 1070. The van der Waals surface area contributed by atoms with Gasteiger partial charge >= 0.3 is 0 Å². The highest BCUT2D eigenvalue weighted by Crippen LogP contribution is 2.42. The Morgan fingerprint density at radius 2 is 2.03 bits per heavy atom. The second-order valence-electron chi connectivity index (χ2n) is 7.99. The van der Waals surface area contributed by atoms with Crippen LogP contribution in [0.4, 0.5) is 0 Å². The highest BCUT2D eigenvalue weighted by atomic mass is 16.7. The van der Waals surface area contributed by atoms with Gasteiger partial charge in [0, 0.05) is 12.5 Å². The van der Waals surface area contributed by atoms with Crippen molar-refractivity contribution in [1.82, 2.24) is 10.3 Å². The van der Waals surface area contributed by atoms with Crippen LogP contribution in [0.2, 0.25) is 0 Å². The highest BCUT2D eigenvalue weighted by molar-refractivity contribution is 5.94. The number of benzene rings is 1. The lowest BCUT2D eigenvalue weighted by Crippen LogP contribution is -2.41. The van der Waals surface area contributed by atoms with E-state index in [1.54, 1.807) is 6.07 Å². The third-order valence-corrected chi connectivity index (χ3v) is 6.28. The van der Waals surface area contributed by atoms with Crippen LogP contribution in [-0.2, 0) is 22.3 Å². The molecule has 150 valence electrons. The number of ether oxygens (including phenoxy) is 2. The molecule has 2 aromatic rings. The van der Waals surface area contributed by atoms with Crippen LogP contribution in [0.5, 0.6) is 0 Å². The fourth-order valence-corrected chi connectivity index (χ4v) is 4.68. The molecule has 0 bridgehead atoms. The Kier molecular flexibility index (Phi) is 4.42. The van der Waals surface area contributed by atoms with Crippen molar-refractivity contribution in [3.8, 4) is 0 Å². The Balaban J connectivity index is 1.42. The zero-order valence-electron chi connectivity index (χ0n) is 16.4. The first kappa shape index (κ1) is 18.0. The first-order valence-corrected chi connectivity index (χ1v) is 10.3. The molecule has 2 heterocycles. The number of aromatic amines is 1. The van der Waals surface area contributed by atoms with Crippen molar-refractivity contribution in [1.29, 1.82) is 0 Å². The summed E-state index contributed by atoms with van der Waals surface area (Å²) in [6.07, 6.45) is 4.23. The molecular weight excluding hydrogens is 368 g/mol. The molecular formula is C23H24N2O4. The van der Waals surface area contributed by atoms with E-state index in [2.05, 4.69) is 35.4 Å². The minimum atomic E-state index is -0.392. The summed E-state index contributed by atoms with van der Waals surface area (Å²) in [5.74, 6) is 1.28. The molecule has 29 heavy (non-hydrogen) atoms. The Morgan fingerprint density at radius 3 is 2.86 bits per heavy atom. The molecule has 1 aromatic heterocycles. The van der Waals surface area contributed by atoms with Crippen molar-refractivity contribution in [2.45, 2.75) is 51.0 Å². The van der Waals surface area contributed by atoms with E-state index in [0.29, 0.717) is 11.5 Å². The van der Waals surface area contributed by atoms with Gasteiger partial charge in [0.25, 0.3) is 11.5 Å². The van der Waals surface area contributed by atoms with Crippen LogP contribution in [-0.4, -0.2) is 23.7 Å². The number of H-pyrrole nitrogens is 1. The third-order valence-electron chi connectivity index (χ3n) is 6.28. The van der Waals surface area contributed by atoms with Gasteiger partial charge in [-0.25, -0.2) is 0 Å². The SMILES string of the molecule is CCC1CC2=C(OCO2)c2[nH]c(=O)c(C(=O)NC3CCc4ccccc4C3)cc21. The predicted octanol–water partition coefficient (Wildman–Crippen LogP) is 3.23. The molecule has 1 aromatic carbocycles. The molecule has 5 rings (SSSR count). The fraction of sp³-hybridized carbons (Fsp3) is 0.391. The van der Waals surface area contributed by atoms with E-state index < -0.39 is 5.56 Å². The standard InChI is InChI=1S/C23H24N2O4/c1-2-13-10-19-21(29-12-28-19)20-17(13)11-18(23(27)25-20)22(26)24-16-8-7-14-5-3-4-6-15(14)9-16/h3-6,11,13,16H,2,7-10,12H2,1H3,(H,24,26)(H,25,27). The molecule has 1 aliphatic heterocycles. The summed E-state index contributed by atoms with van der Waals surface area (Å²) in [7, 11) is 0. The van der Waals surface area contributed by atoms with E-state index in [4.69, 9.17) is 9.47 Å². The number of fused-ring (bicyclic) bond motifs is 3. The topological polar surface area (TPSA) is 80.4 Å². The predicted molar refractivity (Wildman–Crippen MR) is 108 cm³/mol. The average molecular weight is 392 g/mol. The van der Waals surface area contributed by atoms with Crippen LogP contribution >= 0.6 is 0 Å². The molecule has 2 atom stereocenters. The first-order chi connectivity index (χ1) is 14.1. The maximum atomic E-state index is 13.0. The zero-order chi connectivity index (χ0) is 20.0. The lowest BCUT2D eigenvalue weighted by molar-refractivity contribution is 0.0841. The summed E-state index contributed by atoms with van der Waals surface area (Å²) >= 11 is 0. The molecule has 6 nitrogen and oxygen atoms in total. The van der Waals surface area contributed by atoms with Gasteiger partial charge in [0.05, 0.1) is 5.69 Å². The van der Waals surface area contributed by atoms with Crippen LogP contribution < -0.4 is 10.9 Å². The number of pyridine rings is 1. The van der Waals surface area contributed by atoms with Gasteiger partial charge in [-0.3, -0.25) is 9.59 Å². The molecule has 6 heteroatoms. The number of allylic oxidation sites excluding steroid dienone is 1. The van der Waals surface area contributed by atoms with Crippen LogP contribution in [0.25, 0.3) is 5.76 Å². The monoisotopic (exact) mass is 392 g/mol. The third kappa shape index (κ3) is 3.12. The number of aryl methyl sites for hydroxylation is 1. The van der Waals surface area contributed by atoms with Crippen molar-refractivity contribution >= 4 is 11.7 Å². The summed E-state index contributed by atoms with van der Waals surface area (Å²) < 4.78 is 11.1. The van der Waals surface area contributed by atoms with E-state index >= 15 is 0 Å². The van der Waals surface area contributed by atoms with Gasteiger partial charge in [0.1, 0.15) is 11.3 Å².